The minimum atomic E-state index is 0.544. The van der Waals surface area contributed by atoms with Crippen molar-refractivity contribution in [2.45, 2.75) is 26.3 Å². The molecule has 2 N–H and O–H groups in total. The van der Waals surface area contributed by atoms with E-state index in [-0.39, 0.29) is 0 Å². The molecule has 0 atom stereocenters. The number of hydrogen-bond acceptors (Lipinski definition) is 6. The lowest BCUT2D eigenvalue weighted by atomic mass is 10.1. The average molecular weight is 438 g/mol. The van der Waals surface area contributed by atoms with Gasteiger partial charge in [0, 0.05) is 23.8 Å². The van der Waals surface area contributed by atoms with Gasteiger partial charge in [-0.25, -0.2) is 9.97 Å². The summed E-state index contributed by atoms with van der Waals surface area (Å²) in [5.41, 5.74) is 3.99. The van der Waals surface area contributed by atoms with E-state index in [2.05, 4.69) is 38.5 Å². The number of anilines is 3. The summed E-state index contributed by atoms with van der Waals surface area (Å²) in [6.45, 7) is 6.78. The van der Waals surface area contributed by atoms with E-state index in [1.54, 1.807) is 12.4 Å². The third-order valence-corrected chi connectivity index (χ3v) is 5.81. The zero-order valence-electron chi connectivity index (χ0n) is 17.8. The molecule has 31 heavy (non-hydrogen) atoms. The van der Waals surface area contributed by atoms with Crippen LogP contribution in [0.3, 0.4) is 0 Å². The van der Waals surface area contributed by atoms with E-state index in [9.17, 15) is 0 Å². The lowest BCUT2D eigenvalue weighted by Crippen LogP contribution is -2.25. The number of nitrogens with zero attached hydrogens (tertiary/aromatic N) is 3. The maximum absolute atomic E-state index is 6.29. The highest BCUT2D eigenvalue weighted by atomic mass is 35.5. The topological polar surface area (TPSA) is 62.3 Å². The maximum Gasteiger partial charge on any atom is 0.227 e. The molecule has 0 unspecified atom stereocenters. The molecule has 1 saturated heterocycles. The van der Waals surface area contributed by atoms with Gasteiger partial charge in [0.25, 0.3) is 0 Å². The van der Waals surface area contributed by atoms with Gasteiger partial charge < -0.3 is 15.4 Å². The Morgan fingerprint density at radius 1 is 1.00 bits per heavy atom. The van der Waals surface area contributed by atoms with E-state index in [4.69, 9.17) is 16.3 Å². The van der Waals surface area contributed by atoms with E-state index in [1.807, 2.05) is 36.4 Å². The molecule has 1 fully saturated rings. The molecule has 1 aromatic heterocycles. The summed E-state index contributed by atoms with van der Waals surface area (Å²) in [6.07, 6.45) is 6.13. The standard InChI is InChI=1S/C24H28ClN5O/c1-18-5-4-6-23(25)22(18)17-26-20-15-27-24(28-16-20)29-19-7-9-21(10-8-19)31-14-13-30-11-2-3-12-30/h4-10,15-16,26H,2-3,11-14,17H2,1H3,(H,27,28,29). The van der Waals surface area contributed by atoms with E-state index in [0.29, 0.717) is 12.5 Å². The first-order chi connectivity index (χ1) is 15.2. The molecular formula is C24H28ClN5O. The Labute approximate surface area is 188 Å². The lowest BCUT2D eigenvalue weighted by molar-refractivity contribution is 0.238. The molecule has 4 rings (SSSR count). The van der Waals surface area contributed by atoms with E-state index in [1.165, 1.54) is 25.9 Å². The van der Waals surface area contributed by atoms with Gasteiger partial charge in [-0.1, -0.05) is 23.7 Å². The summed E-state index contributed by atoms with van der Waals surface area (Å²) in [7, 11) is 0. The van der Waals surface area contributed by atoms with Gasteiger partial charge in [0.1, 0.15) is 12.4 Å². The summed E-state index contributed by atoms with van der Waals surface area (Å²) in [5, 5.41) is 7.30. The number of halogens is 1. The van der Waals surface area contributed by atoms with Crippen molar-refractivity contribution < 1.29 is 4.74 Å². The largest absolute Gasteiger partial charge is 0.492 e. The normalized spacial score (nSPS) is 13.9. The molecular weight excluding hydrogens is 410 g/mol. The Morgan fingerprint density at radius 3 is 2.45 bits per heavy atom. The van der Waals surface area contributed by atoms with Gasteiger partial charge in [-0.15, -0.1) is 0 Å². The molecule has 3 aromatic rings. The third kappa shape index (κ3) is 6.09. The van der Waals surface area contributed by atoms with Crippen molar-refractivity contribution in [2.75, 3.05) is 36.9 Å². The van der Waals surface area contributed by atoms with E-state index >= 15 is 0 Å². The highest BCUT2D eigenvalue weighted by Gasteiger charge is 2.10. The van der Waals surface area contributed by atoms with Gasteiger partial charge in [-0.2, -0.15) is 0 Å². The Bertz CT molecular complexity index is 952. The summed E-state index contributed by atoms with van der Waals surface area (Å²) in [4.78, 5) is 11.2. The molecule has 1 aliphatic heterocycles. The number of benzene rings is 2. The van der Waals surface area contributed by atoms with Crippen molar-refractivity contribution in [3.63, 3.8) is 0 Å². The molecule has 2 aromatic carbocycles. The first-order valence-electron chi connectivity index (χ1n) is 10.7. The Hall–Kier alpha value is -2.83. The number of nitrogens with one attached hydrogen (secondary N) is 2. The van der Waals surface area contributed by atoms with Gasteiger partial charge in [0.2, 0.25) is 5.95 Å². The van der Waals surface area contributed by atoms with Crippen molar-refractivity contribution in [1.82, 2.24) is 14.9 Å². The fourth-order valence-corrected chi connectivity index (χ4v) is 3.92. The minimum Gasteiger partial charge on any atom is -0.492 e. The molecule has 0 saturated carbocycles. The smallest absolute Gasteiger partial charge is 0.227 e. The van der Waals surface area contributed by atoms with Crippen LogP contribution in [0, 0.1) is 6.92 Å². The van der Waals surface area contributed by atoms with Crippen LogP contribution in [0.5, 0.6) is 5.75 Å². The van der Waals surface area contributed by atoms with Crippen LogP contribution >= 0.6 is 11.6 Å². The number of aryl methyl sites for hydroxylation is 1. The van der Waals surface area contributed by atoms with E-state index < -0.39 is 0 Å². The molecule has 0 aliphatic carbocycles. The van der Waals surface area contributed by atoms with Crippen molar-refractivity contribution in [3.8, 4) is 5.75 Å². The highest BCUT2D eigenvalue weighted by Crippen LogP contribution is 2.22. The summed E-state index contributed by atoms with van der Waals surface area (Å²) in [5.74, 6) is 1.42. The fraction of sp³-hybridized carbons (Fsp3) is 0.333. The van der Waals surface area contributed by atoms with Crippen molar-refractivity contribution >= 4 is 28.9 Å². The van der Waals surface area contributed by atoms with Crippen LogP contribution in [-0.4, -0.2) is 41.1 Å². The predicted molar refractivity (Wildman–Crippen MR) is 126 cm³/mol. The predicted octanol–water partition coefficient (Wildman–Crippen LogP) is 5.27. The average Bonchev–Trinajstić information content (AvgIpc) is 3.29. The number of likely N-dealkylation sites (tertiary alicyclic amines) is 1. The monoisotopic (exact) mass is 437 g/mol. The Balaban J connectivity index is 1.25. The zero-order chi connectivity index (χ0) is 21.5. The molecule has 0 bridgehead atoms. The quantitative estimate of drug-likeness (QED) is 0.475. The first kappa shape index (κ1) is 21.4. The summed E-state index contributed by atoms with van der Waals surface area (Å²) >= 11 is 6.29. The molecule has 0 amide bonds. The molecule has 6 nitrogen and oxygen atoms in total. The van der Waals surface area contributed by atoms with Crippen molar-refractivity contribution in [2.24, 2.45) is 0 Å². The second-order valence-corrected chi connectivity index (χ2v) is 8.14. The molecule has 7 heteroatoms. The van der Waals surface area contributed by atoms with Crippen LogP contribution in [0.2, 0.25) is 5.02 Å². The fourth-order valence-electron chi connectivity index (χ4n) is 3.63. The lowest BCUT2D eigenvalue weighted by Gasteiger charge is -2.15. The van der Waals surface area contributed by atoms with Gasteiger partial charge in [-0.05, 0) is 74.3 Å². The second-order valence-electron chi connectivity index (χ2n) is 7.73. The van der Waals surface area contributed by atoms with Gasteiger partial charge in [0.15, 0.2) is 0 Å². The molecule has 0 radical (unpaired) electrons. The molecule has 2 heterocycles. The maximum atomic E-state index is 6.29. The van der Waals surface area contributed by atoms with Crippen LogP contribution in [0.4, 0.5) is 17.3 Å². The van der Waals surface area contributed by atoms with Crippen molar-refractivity contribution in [1.29, 1.82) is 0 Å². The number of hydrogen-bond donors (Lipinski definition) is 2. The molecule has 0 spiro atoms. The second kappa shape index (κ2) is 10.5. The van der Waals surface area contributed by atoms with Crippen LogP contribution in [0.15, 0.2) is 54.9 Å². The SMILES string of the molecule is Cc1cccc(Cl)c1CNc1cnc(Nc2ccc(OCCN3CCCC3)cc2)nc1. The van der Waals surface area contributed by atoms with Crippen LogP contribution in [-0.2, 0) is 6.54 Å². The van der Waals surface area contributed by atoms with E-state index in [0.717, 1.165) is 46.4 Å². The summed E-state index contributed by atoms with van der Waals surface area (Å²) < 4.78 is 5.85. The zero-order valence-corrected chi connectivity index (χ0v) is 18.5. The van der Waals surface area contributed by atoms with Crippen LogP contribution in [0.25, 0.3) is 0 Å². The molecule has 1 aliphatic rings. The van der Waals surface area contributed by atoms with Crippen molar-refractivity contribution in [3.05, 3.63) is 71.0 Å². The number of aromatic nitrogens is 2. The number of rotatable bonds is 9. The minimum absolute atomic E-state index is 0.544. The Morgan fingerprint density at radius 2 is 1.74 bits per heavy atom. The van der Waals surface area contributed by atoms with Gasteiger partial charge >= 0.3 is 0 Å². The number of ether oxygens (including phenoxy) is 1. The van der Waals surface area contributed by atoms with Crippen LogP contribution < -0.4 is 15.4 Å². The third-order valence-electron chi connectivity index (χ3n) is 5.46. The van der Waals surface area contributed by atoms with Gasteiger partial charge in [0.05, 0.1) is 18.1 Å². The summed E-state index contributed by atoms with van der Waals surface area (Å²) in [6, 6.07) is 13.8. The highest BCUT2D eigenvalue weighted by molar-refractivity contribution is 6.31. The first-order valence-corrected chi connectivity index (χ1v) is 11.1. The van der Waals surface area contributed by atoms with Crippen LogP contribution in [0.1, 0.15) is 24.0 Å². The van der Waals surface area contributed by atoms with Gasteiger partial charge in [-0.3, -0.25) is 4.90 Å². The molecule has 162 valence electrons. The Kier molecular flexibility index (Phi) is 7.22.